The molecule has 0 aliphatic carbocycles. The van der Waals surface area contributed by atoms with E-state index in [0.29, 0.717) is 6.54 Å². The van der Waals surface area contributed by atoms with Crippen molar-refractivity contribution in [3.63, 3.8) is 0 Å². The zero-order chi connectivity index (χ0) is 16.9. The van der Waals surface area contributed by atoms with Gasteiger partial charge in [-0.1, -0.05) is 61.9 Å². The van der Waals surface area contributed by atoms with E-state index in [4.69, 9.17) is 9.15 Å². The SMILES string of the molecule is CCCCN(O[P+](=O)OC)c1c2ccccc2cc2ccccc12. The molecule has 4 nitrogen and oxygen atoms in total. The molecule has 0 heterocycles. The Morgan fingerprint density at radius 3 is 2.12 bits per heavy atom. The summed E-state index contributed by atoms with van der Waals surface area (Å²) in [6.45, 7) is 2.77. The lowest BCUT2D eigenvalue weighted by Crippen LogP contribution is -2.22. The molecular formula is C19H21NO3P+. The molecule has 3 aromatic carbocycles. The molecule has 1 atom stereocenters. The van der Waals surface area contributed by atoms with Crippen LogP contribution in [0.2, 0.25) is 0 Å². The summed E-state index contributed by atoms with van der Waals surface area (Å²) in [6.07, 6.45) is 1.96. The zero-order valence-electron chi connectivity index (χ0n) is 13.9. The van der Waals surface area contributed by atoms with E-state index in [1.807, 2.05) is 24.3 Å². The van der Waals surface area contributed by atoms with E-state index in [0.717, 1.165) is 40.1 Å². The molecule has 24 heavy (non-hydrogen) atoms. The van der Waals surface area contributed by atoms with Crippen molar-refractivity contribution in [3.05, 3.63) is 54.6 Å². The van der Waals surface area contributed by atoms with Crippen LogP contribution in [0.3, 0.4) is 0 Å². The first-order valence-corrected chi connectivity index (χ1v) is 9.21. The van der Waals surface area contributed by atoms with Crippen LogP contribution in [-0.2, 0) is 13.7 Å². The Labute approximate surface area is 142 Å². The maximum atomic E-state index is 11.9. The Kier molecular flexibility index (Phi) is 5.41. The number of benzene rings is 3. The number of unbranched alkanes of at least 4 members (excludes halogenated alkanes) is 1. The highest BCUT2D eigenvalue weighted by molar-refractivity contribution is 7.33. The summed E-state index contributed by atoms with van der Waals surface area (Å²) in [4.78, 5) is 0. The molecule has 0 bridgehead atoms. The van der Waals surface area contributed by atoms with Gasteiger partial charge in [0.15, 0.2) is 0 Å². The fourth-order valence-electron chi connectivity index (χ4n) is 2.87. The number of hydroxylamine groups is 1. The van der Waals surface area contributed by atoms with Crippen LogP contribution < -0.4 is 5.06 Å². The van der Waals surface area contributed by atoms with Gasteiger partial charge in [0, 0.05) is 20.0 Å². The van der Waals surface area contributed by atoms with E-state index in [1.165, 1.54) is 7.11 Å². The summed E-state index contributed by atoms with van der Waals surface area (Å²) in [7, 11) is -0.806. The van der Waals surface area contributed by atoms with Gasteiger partial charge in [0.1, 0.15) is 0 Å². The van der Waals surface area contributed by atoms with Gasteiger partial charge in [-0.15, -0.1) is 4.52 Å². The van der Waals surface area contributed by atoms with Gasteiger partial charge in [0.25, 0.3) is 0 Å². The van der Waals surface area contributed by atoms with E-state index < -0.39 is 8.25 Å². The van der Waals surface area contributed by atoms with Crippen molar-refractivity contribution in [2.45, 2.75) is 19.8 Å². The van der Waals surface area contributed by atoms with E-state index in [1.54, 1.807) is 5.06 Å². The van der Waals surface area contributed by atoms with Gasteiger partial charge in [-0.25, -0.2) is 5.06 Å². The standard InChI is InChI=1S/C19H21NO3P/c1-3-4-13-20(23-24(21)22-2)19-17-11-7-5-9-15(17)14-16-10-6-8-12-18(16)19/h5-12,14H,3-4,13H2,1-2H3/q+1. The molecule has 0 amide bonds. The monoisotopic (exact) mass is 342 g/mol. The summed E-state index contributed by atoms with van der Waals surface area (Å²) in [5.74, 6) is 0. The number of hydrogen-bond donors (Lipinski definition) is 0. The van der Waals surface area contributed by atoms with Crippen LogP contribution in [0.5, 0.6) is 0 Å². The lowest BCUT2D eigenvalue weighted by atomic mass is 10.0. The topological polar surface area (TPSA) is 38.8 Å². The van der Waals surface area contributed by atoms with E-state index >= 15 is 0 Å². The van der Waals surface area contributed by atoms with E-state index in [9.17, 15) is 4.57 Å². The predicted molar refractivity (Wildman–Crippen MR) is 99.4 cm³/mol. The van der Waals surface area contributed by atoms with Crippen molar-refractivity contribution < 1.29 is 13.7 Å². The van der Waals surface area contributed by atoms with E-state index in [-0.39, 0.29) is 0 Å². The molecule has 124 valence electrons. The number of rotatable bonds is 7. The molecule has 0 fully saturated rings. The lowest BCUT2D eigenvalue weighted by molar-refractivity contribution is 0.232. The van der Waals surface area contributed by atoms with Crippen LogP contribution in [0.25, 0.3) is 21.5 Å². The highest BCUT2D eigenvalue weighted by atomic mass is 31.1. The molecule has 0 aromatic heterocycles. The molecule has 0 spiro atoms. The minimum atomic E-state index is -2.19. The van der Waals surface area contributed by atoms with Crippen LogP contribution in [0.4, 0.5) is 5.69 Å². The molecule has 3 aromatic rings. The highest BCUT2D eigenvalue weighted by Gasteiger charge is 2.27. The van der Waals surface area contributed by atoms with Gasteiger partial charge in [0.05, 0.1) is 19.3 Å². The third kappa shape index (κ3) is 3.41. The second-order valence-corrected chi connectivity index (χ2v) is 6.59. The Balaban J connectivity index is 2.22. The summed E-state index contributed by atoms with van der Waals surface area (Å²) >= 11 is 0. The molecule has 0 saturated carbocycles. The van der Waals surface area contributed by atoms with Crippen LogP contribution in [-0.4, -0.2) is 13.7 Å². The van der Waals surface area contributed by atoms with Crippen molar-refractivity contribution in [3.8, 4) is 0 Å². The maximum absolute atomic E-state index is 11.9. The molecule has 1 unspecified atom stereocenters. The van der Waals surface area contributed by atoms with Crippen LogP contribution in [0.15, 0.2) is 54.6 Å². The minimum Gasteiger partial charge on any atom is -0.201 e. The van der Waals surface area contributed by atoms with Gasteiger partial charge in [0.2, 0.25) is 0 Å². The van der Waals surface area contributed by atoms with Gasteiger partial charge in [-0.05, 0) is 23.3 Å². The third-order valence-electron chi connectivity index (χ3n) is 4.02. The van der Waals surface area contributed by atoms with Crippen molar-refractivity contribution >= 4 is 35.5 Å². The molecule has 5 heteroatoms. The summed E-state index contributed by atoms with van der Waals surface area (Å²) in [5, 5.41) is 6.14. The molecule has 0 saturated heterocycles. The second kappa shape index (κ2) is 7.71. The summed E-state index contributed by atoms with van der Waals surface area (Å²) in [5.41, 5.74) is 0.942. The van der Waals surface area contributed by atoms with Gasteiger partial charge < -0.3 is 0 Å². The molecule has 0 N–H and O–H groups in total. The van der Waals surface area contributed by atoms with Crippen LogP contribution in [0, 0.1) is 0 Å². The van der Waals surface area contributed by atoms with Crippen molar-refractivity contribution in [1.82, 2.24) is 0 Å². The minimum absolute atomic E-state index is 0.652. The van der Waals surface area contributed by atoms with Gasteiger partial charge >= 0.3 is 8.25 Å². The van der Waals surface area contributed by atoms with Crippen LogP contribution in [0.1, 0.15) is 19.8 Å². The number of nitrogens with zero attached hydrogens (tertiary/aromatic N) is 1. The van der Waals surface area contributed by atoms with E-state index in [2.05, 4.69) is 37.3 Å². The van der Waals surface area contributed by atoms with Gasteiger partial charge in [-0.2, -0.15) is 0 Å². The molecular weight excluding hydrogens is 321 g/mol. The number of hydrogen-bond acceptors (Lipinski definition) is 4. The molecule has 0 aliphatic heterocycles. The maximum Gasteiger partial charge on any atom is 0.721 e. The first-order valence-electron chi connectivity index (χ1n) is 8.12. The first kappa shape index (κ1) is 16.8. The lowest BCUT2D eigenvalue weighted by Gasteiger charge is -2.21. The molecule has 0 aliphatic rings. The number of fused-ring (bicyclic) bond motifs is 2. The predicted octanol–water partition coefficient (Wildman–Crippen LogP) is 5.83. The largest absolute Gasteiger partial charge is 0.721 e. The van der Waals surface area contributed by atoms with Crippen molar-refractivity contribution in [2.75, 3.05) is 18.7 Å². The van der Waals surface area contributed by atoms with Crippen molar-refractivity contribution in [2.24, 2.45) is 0 Å². The highest BCUT2D eigenvalue weighted by Crippen LogP contribution is 2.38. The second-order valence-electron chi connectivity index (χ2n) is 5.61. The van der Waals surface area contributed by atoms with Gasteiger partial charge in [-0.3, -0.25) is 0 Å². The fraction of sp³-hybridized carbons (Fsp3) is 0.263. The summed E-state index contributed by atoms with van der Waals surface area (Å²) < 4.78 is 22.4. The van der Waals surface area contributed by atoms with Crippen LogP contribution >= 0.6 is 8.25 Å². The Morgan fingerprint density at radius 1 is 1.00 bits per heavy atom. The third-order valence-corrected chi connectivity index (χ3v) is 4.65. The Morgan fingerprint density at radius 2 is 1.58 bits per heavy atom. The average Bonchev–Trinajstić information content (AvgIpc) is 2.63. The average molecular weight is 342 g/mol. The molecule has 0 radical (unpaired) electrons. The Hall–Kier alpha value is -2.00. The van der Waals surface area contributed by atoms with Crippen molar-refractivity contribution in [1.29, 1.82) is 0 Å². The molecule has 3 rings (SSSR count). The normalized spacial score (nSPS) is 11.8. The fourth-order valence-corrected chi connectivity index (χ4v) is 3.26. The quantitative estimate of drug-likeness (QED) is 0.307. The first-order chi connectivity index (χ1) is 11.7. The zero-order valence-corrected chi connectivity index (χ0v) is 14.8. The summed E-state index contributed by atoms with van der Waals surface area (Å²) in [6, 6.07) is 18.5. The smallest absolute Gasteiger partial charge is 0.201 e. The Bertz CT molecular complexity index is 811. The number of anilines is 1.